The Bertz CT molecular complexity index is 466. The highest BCUT2D eigenvalue weighted by Crippen LogP contribution is 2.26. The first-order chi connectivity index (χ1) is 6.18. The van der Waals surface area contributed by atoms with E-state index < -0.39 is 0 Å². The van der Waals surface area contributed by atoms with Crippen LogP contribution < -0.4 is 0 Å². The summed E-state index contributed by atoms with van der Waals surface area (Å²) >= 11 is 11.9. The lowest BCUT2D eigenvalue weighted by atomic mass is 10.1. The molecule has 0 aliphatic carbocycles. The summed E-state index contributed by atoms with van der Waals surface area (Å²) in [4.78, 5) is 4.18. The Labute approximate surface area is 86.3 Å². The first kappa shape index (κ1) is 8.79. The first-order valence-electron chi connectivity index (χ1n) is 3.90. The van der Waals surface area contributed by atoms with Gasteiger partial charge in [-0.3, -0.25) is 0 Å². The van der Waals surface area contributed by atoms with Gasteiger partial charge < -0.3 is 0 Å². The van der Waals surface area contributed by atoms with E-state index >= 15 is 0 Å². The molecule has 0 fully saturated rings. The second-order valence-electron chi connectivity index (χ2n) is 2.90. The van der Waals surface area contributed by atoms with Crippen LogP contribution in [0.3, 0.4) is 0 Å². The fraction of sp³-hybridized carbons (Fsp3) is 0.100. The topological polar surface area (TPSA) is 12.9 Å². The summed E-state index contributed by atoms with van der Waals surface area (Å²) in [5.41, 5.74) is 1.90. The Kier molecular flexibility index (Phi) is 2.14. The molecular formula is C10H7Cl2N. The third-order valence-corrected chi connectivity index (χ3v) is 2.46. The maximum absolute atomic E-state index is 6.03. The molecule has 0 atom stereocenters. The normalized spacial score (nSPS) is 10.7. The summed E-state index contributed by atoms with van der Waals surface area (Å²) in [6.07, 6.45) is 0. The third kappa shape index (κ3) is 1.50. The summed E-state index contributed by atoms with van der Waals surface area (Å²) in [5, 5.41) is 2.21. The number of aryl methyl sites for hydroxylation is 1. The largest absolute Gasteiger partial charge is 0.236 e. The van der Waals surface area contributed by atoms with Crippen molar-refractivity contribution >= 4 is 34.1 Å². The van der Waals surface area contributed by atoms with Gasteiger partial charge in [-0.05, 0) is 30.7 Å². The minimum atomic E-state index is 0.507. The van der Waals surface area contributed by atoms with E-state index in [1.807, 2.05) is 31.2 Å². The Morgan fingerprint density at radius 3 is 2.77 bits per heavy atom. The number of hydrogen-bond acceptors (Lipinski definition) is 1. The number of halogens is 2. The predicted octanol–water partition coefficient (Wildman–Crippen LogP) is 3.85. The molecule has 3 heteroatoms. The van der Waals surface area contributed by atoms with Gasteiger partial charge >= 0.3 is 0 Å². The second-order valence-corrected chi connectivity index (χ2v) is 3.69. The zero-order valence-electron chi connectivity index (χ0n) is 7.01. The first-order valence-corrected chi connectivity index (χ1v) is 4.65. The predicted molar refractivity (Wildman–Crippen MR) is 56.5 cm³/mol. The van der Waals surface area contributed by atoms with Gasteiger partial charge in [0.1, 0.15) is 5.15 Å². The Morgan fingerprint density at radius 1 is 1.23 bits per heavy atom. The van der Waals surface area contributed by atoms with E-state index in [4.69, 9.17) is 23.2 Å². The van der Waals surface area contributed by atoms with Crippen molar-refractivity contribution in [3.63, 3.8) is 0 Å². The van der Waals surface area contributed by atoms with Crippen LogP contribution in [0.5, 0.6) is 0 Å². The van der Waals surface area contributed by atoms with Crippen LogP contribution in [0.15, 0.2) is 24.3 Å². The van der Waals surface area contributed by atoms with Crippen molar-refractivity contribution in [1.82, 2.24) is 4.98 Å². The maximum Gasteiger partial charge on any atom is 0.130 e. The van der Waals surface area contributed by atoms with Crippen LogP contribution in [0.4, 0.5) is 0 Å². The van der Waals surface area contributed by atoms with Gasteiger partial charge in [0.25, 0.3) is 0 Å². The van der Waals surface area contributed by atoms with E-state index in [1.54, 1.807) is 0 Å². The Balaban J connectivity index is 2.94. The van der Waals surface area contributed by atoms with Crippen molar-refractivity contribution < 1.29 is 0 Å². The highest BCUT2D eigenvalue weighted by atomic mass is 35.5. The molecule has 66 valence electrons. The van der Waals surface area contributed by atoms with E-state index in [1.165, 1.54) is 0 Å². The molecule has 0 radical (unpaired) electrons. The average molecular weight is 212 g/mol. The van der Waals surface area contributed by atoms with E-state index in [0.717, 1.165) is 21.5 Å². The number of benzene rings is 1. The van der Waals surface area contributed by atoms with Crippen molar-refractivity contribution in [1.29, 1.82) is 0 Å². The van der Waals surface area contributed by atoms with Crippen molar-refractivity contribution in [2.24, 2.45) is 0 Å². The van der Waals surface area contributed by atoms with E-state index in [2.05, 4.69) is 4.98 Å². The molecule has 0 saturated heterocycles. The molecule has 0 bridgehead atoms. The van der Waals surface area contributed by atoms with Gasteiger partial charge in [-0.1, -0.05) is 29.3 Å². The molecule has 13 heavy (non-hydrogen) atoms. The number of nitrogens with zero attached hydrogens (tertiary/aromatic N) is 1. The van der Waals surface area contributed by atoms with Gasteiger partial charge in [0.15, 0.2) is 0 Å². The molecule has 0 amide bonds. The van der Waals surface area contributed by atoms with E-state index in [9.17, 15) is 0 Å². The number of aromatic nitrogens is 1. The number of rotatable bonds is 0. The highest BCUT2D eigenvalue weighted by Gasteiger charge is 2.03. The molecular weight excluding hydrogens is 205 g/mol. The van der Waals surface area contributed by atoms with Gasteiger partial charge in [-0.2, -0.15) is 0 Å². The zero-order valence-corrected chi connectivity index (χ0v) is 8.52. The molecule has 1 aromatic carbocycles. The SMILES string of the molecule is Cc1cc(Cl)nc2cccc(Cl)c12. The lowest BCUT2D eigenvalue weighted by Crippen LogP contribution is -1.84. The second kappa shape index (κ2) is 3.17. The fourth-order valence-corrected chi connectivity index (χ4v) is 1.97. The number of hydrogen-bond donors (Lipinski definition) is 0. The van der Waals surface area contributed by atoms with E-state index in [-0.39, 0.29) is 0 Å². The summed E-state index contributed by atoms with van der Waals surface area (Å²) in [6.45, 7) is 1.97. The zero-order chi connectivity index (χ0) is 9.42. The highest BCUT2D eigenvalue weighted by molar-refractivity contribution is 6.36. The van der Waals surface area contributed by atoms with Crippen LogP contribution >= 0.6 is 23.2 Å². The number of pyridine rings is 1. The molecule has 1 aromatic heterocycles. The smallest absolute Gasteiger partial charge is 0.130 e. The molecule has 0 aliphatic heterocycles. The quantitative estimate of drug-likeness (QED) is 0.604. The van der Waals surface area contributed by atoms with Gasteiger partial charge in [-0.15, -0.1) is 0 Å². The minimum Gasteiger partial charge on any atom is -0.236 e. The number of fused-ring (bicyclic) bond motifs is 1. The molecule has 1 nitrogen and oxygen atoms in total. The Morgan fingerprint density at radius 2 is 2.00 bits per heavy atom. The summed E-state index contributed by atoms with van der Waals surface area (Å²) < 4.78 is 0. The molecule has 0 N–H and O–H groups in total. The summed E-state index contributed by atoms with van der Waals surface area (Å²) in [6, 6.07) is 7.44. The average Bonchev–Trinajstić information content (AvgIpc) is 2.02. The lowest BCUT2D eigenvalue weighted by Gasteiger charge is -2.03. The fourth-order valence-electron chi connectivity index (χ4n) is 1.39. The van der Waals surface area contributed by atoms with Gasteiger partial charge in [0.05, 0.1) is 10.5 Å². The van der Waals surface area contributed by atoms with Crippen LogP contribution in [-0.4, -0.2) is 4.98 Å². The summed E-state index contributed by atoms with van der Waals surface area (Å²) in [7, 11) is 0. The van der Waals surface area contributed by atoms with E-state index in [0.29, 0.717) is 5.15 Å². The molecule has 0 saturated carbocycles. The van der Waals surface area contributed by atoms with Crippen molar-refractivity contribution in [2.45, 2.75) is 6.92 Å². The molecule has 0 aliphatic rings. The van der Waals surface area contributed by atoms with Crippen LogP contribution in [0.1, 0.15) is 5.56 Å². The molecule has 0 spiro atoms. The minimum absolute atomic E-state index is 0.507. The van der Waals surface area contributed by atoms with Crippen LogP contribution in [-0.2, 0) is 0 Å². The van der Waals surface area contributed by atoms with Crippen LogP contribution in [0.2, 0.25) is 10.2 Å². The molecule has 2 rings (SSSR count). The monoisotopic (exact) mass is 211 g/mol. The lowest BCUT2D eigenvalue weighted by molar-refractivity contribution is 1.37. The molecule has 1 heterocycles. The van der Waals surface area contributed by atoms with Crippen molar-refractivity contribution in [3.05, 3.63) is 40.0 Å². The van der Waals surface area contributed by atoms with Gasteiger partial charge in [0.2, 0.25) is 0 Å². The van der Waals surface area contributed by atoms with Crippen LogP contribution in [0.25, 0.3) is 10.9 Å². The van der Waals surface area contributed by atoms with Gasteiger partial charge in [-0.25, -0.2) is 4.98 Å². The standard InChI is InChI=1S/C10H7Cl2N/c1-6-5-9(12)13-8-4-2-3-7(11)10(6)8/h2-5H,1H3. The van der Waals surface area contributed by atoms with Crippen LogP contribution in [0, 0.1) is 6.92 Å². The summed E-state index contributed by atoms with van der Waals surface area (Å²) in [5.74, 6) is 0. The molecule has 0 unspecified atom stereocenters. The maximum atomic E-state index is 6.03. The third-order valence-electron chi connectivity index (χ3n) is 1.95. The Hall–Kier alpha value is -0.790. The van der Waals surface area contributed by atoms with Crippen molar-refractivity contribution in [2.75, 3.05) is 0 Å². The van der Waals surface area contributed by atoms with Gasteiger partial charge in [0, 0.05) is 5.39 Å². The van der Waals surface area contributed by atoms with Crippen molar-refractivity contribution in [3.8, 4) is 0 Å². The molecule has 2 aromatic rings.